The van der Waals surface area contributed by atoms with Crippen molar-refractivity contribution in [2.45, 2.75) is 25.4 Å². The molecule has 0 radical (unpaired) electrons. The van der Waals surface area contributed by atoms with Gasteiger partial charge in [-0.3, -0.25) is 0 Å². The van der Waals surface area contributed by atoms with Gasteiger partial charge in [-0.2, -0.15) is 4.98 Å². The first kappa shape index (κ1) is 9.14. The van der Waals surface area contributed by atoms with Crippen LogP contribution in [0.25, 0.3) is 0 Å². The molecule has 6 heteroatoms. The van der Waals surface area contributed by atoms with E-state index in [1.807, 2.05) is 0 Å². The van der Waals surface area contributed by atoms with Crippen LogP contribution in [0.1, 0.15) is 41.9 Å². The molecule has 0 aromatic carbocycles. The zero-order valence-electron chi connectivity index (χ0n) is 7.47. The van der Waals surface area contributed by atoms with Crippen LogP contribution in [-0.4, -0.2) is 27.8 Å². The molecule has 1 N–H and O–H groups in total. The Morgan fingerprint density at radius 2 is 2.36 bits per heavy atom. The third-order valence-electron chi connectivity index (χ3n) is 2.09. The lowest BCUT2D eigenvalue weighted by atomic mass is 10.1. The second-order valence-corrected chi connectivity index (χ2v) is 3.12. The molecule has 1 fully saturated rings. The Hall–Kier alpha value is -1.43. The number of aromatic carboxylic acids is 1. The smallest absolute Gasteiger partial charge is 0.394 e. The van der Waals surface area contributed by atoms with E-state index in [1.165, 1.54) is 0 Å². The lowest BCUT2D eigenvalue weighted by Crippen LogP contribution is -2.13. The molecule has 14 heavy (non-hydrogen) atoms. The Labute approximate surface area is 79.9 Å². The Morgan fingerprint density at radius 1 is 1.50 bits per heavy atom. The normalized spacial score (nSPS) is 22.1. The molecule has 2 heterocycles. The van der Waals surface area contributed by atoms with Gasteiger partial charge in [0.25, 0.3) is 0 Å². The number of carboxylic acids is 1. The standard InChI is InChI=1S/C8H10N2O4/c11-8(12)7-9-6(10-14-7)5-3-1-2-4-13-5/h5H,1-4H2,(H,11,12). The molecule has 6 nitrogen and oxygen atoms in total. The van der Waals surface area contributed by atoms with Gasteiger partial charge < -0.3 is 14.4 Å². The average Bonchev–Trinajstić information content (AvgIpc) is 2.68. The molecule has 1 aliphatic heterocycles. The molecule has 1 unspecified atom stereocenters. The number of rotatable bonds is 2. The van der Waals surface area contributed by atoms with E-state index in [-0.39, 0.29) is 12.0 Å². The van der Waals surface area contributed by atoms with Crippen LogP contribution in [0.3, 0.4) is 0 Å². The number of aromatic nitrogens is 2. The summed E-state index contributed by atoms with van der Waals surface area (Å²) >= 11 is 0. The van der Waals surface area contributed by atoms with E-state index in [2.05, 4.69) is 14.7 Å². The van der Waals surface area contributed by atoms with Crippen molar-refractivity contribution in [2.75, 3.05) is 6.61 Å². The van der Waals surface area contributed by atoms with Crippen molar-refractivity contribution in [1.29, 1.82) is 0 Å². The predicted molar refractivity (Wildman–Crippen MR) is 43.8 cm³/mol. The maximum atomic E-state index is 10.5. The van der Waals surface area contributed by atoms with Crippen LogP contribution in [0, 0.1) is 0 Å². The summed E-state index contributed by atoms with van der Waals surface area (Å²) in [6, 6.07) is 0. The number of carbonyl (C=O) groups is 1. The van der Waals surface area contributed by atoms with Gasteiger partial charge in [0.05, 0.1) is 0 Å². The minimum Gasteiger partial charge on any atom is -0.474 e. The van der Waals surface area contributed by atoms with Gasteiger partial charge in [-0.15, -0.1) is 0 Å². The fourth-order valence-corrected chi connectivity index (χ4v) is 1.40. The summed E-state index contributed by atoms with van der Waals surface area (Å²) in [5.41, 5.74) is 0. The van der Waals surface area contributed by atoms with Gasteiger partial charge in [0.15, 0.2) is 0 Å². The van der Waals surface area contributed by atoms with Crippen LogP contribution in [0.5, 0.6) is 0 Å². The van der Waals surface area contributed by atoms with Crippen LogP contribution < -0.4 is 0 Å². The number of nitrogens with zero attached hydrogens (tertiary/aromatic N) is 2. The topological polar surface area (TPSA) is 85.5 Å². The van der Waals surface area contributed by atoms with Crippen molar-refractivity contribution in [2.24, 2.45) is 0 Å². The van der Waals surface area contributed by atoms with Gasteiger partial charge in [-0.1, -0.05) is 5.16 Å². The van der Waals surface area contributed by atoms with Crippen molar-refractivity contribution in [1.82, 2.24) is 10.1 Å². The van der Waals surface area contributed by atoms with Gasteiger partial charge in [0.2, 0.25) is 5.82 Å². The molecular formula is C8H10N2O4. The molecule has 0 spiro atoms. The Morgan fingerprint density at radius 3 is 2.93 bits per heavy atom. The van der Waals surface area contributed by atoms with E-state index in [1.54, 1.807) is 0 Å². The summed E-state index contributed by atoms with van der Waals surface area (Å²) in [5.74, 6) is -1.25. The Bertz CT molecular complexity index is 330. The summed E-state index contributed by atoms with van der Waals surface area (Å²) in [7, 11) is 0. The van der Waals surface area contributed by atoms with Crippen LogP contribution in [0.15, 0.2) is 4.52 Å². The highest BCUT2D eigenvalue weighted by atomic mass is 16.5. The second kappa shape index (κ2) is 3.75. The third-order valence-corrected chi connectivity index (χ3v) is 2.09. The summed E-state index contributed by atoms with van der Waals surface area (Å²) < 4.78 is 9.92. The number of hydrogen-bond acceptors (Lipinski definition) is 5. The Kier molecular flexibility index (Phi) is 2.45. The lowest BCUT2D eigenvalue weighted by molar-refractivity contribution is 0.00821. The second-order valence-electron chi connectivity index (χ2n) is 3.12. The van der Waals surface area contributed by atoms with Crippen LogP contribution in [-0.2, 0) is 4.74 Å². The van der Waals surface area contributed by atoms with Crippen molar-refractivity contribution in [3.05, 3.63) is 11.7 Å². The van der Waals surface area contributed by atoms with Gasteiger partial charge in [0, 0.05) is 6.61 Å². The molecule has 1 aliphatic rings. The average molecular weight is 198 g/mol. The zero-order chi connectivity index (χ0) is 9.97. The van der Waals surface area contributed by atoms with E-state index in [0.717, 1.165) is 19.3 Å². The van der Waals surface area contributed by atoms with Gasteiger partial charge >= 0.3 is 11.9 Å². The molecule has 2 rings (SSSR count). The van der Waals surface area contributed by atoms with E-state index < -0.39 is 5.97 Å². The number of ether oxygens (including phenoxy) is 1. The highest BCUT2D eigenvalue weighted by Crippen LogP contribution is 2.25. The maximum absolute atomic E-state index is 10.5. The predicted octanol–water partition coefficient (Wildman–Crippen LogP) is 1.01. The maximum Gasteiger partial charge on any atom is 0.394 e. The molecule has 1 aromatic heterocycles. The summed E-state index contributed by atoms with van der Waals surface area (Å²) in [6.45, 7) is 0.668. The third kappa shape index (κ3) is 1.74. The summed E-state index contributed by atoms with van der Waals surface area (Å²) in [6.07, 6.45) is 2.68. The minimum absolute atomic E-state index is 0.208. The highest BCUT2D eigenvalue weighted by molar-refractivity contribution is 5.81. The minimum atomic E-state index is -1.21. The quantitative estimate of drug-likeness (QED) is 0.763. The summed E-state index contributed by atoms with van der Waals surface area (Å²) in [4.78, 5) is 14.2. The Balaban J connectivity index is 2.11. The van der Waals surface area contributed by atoms with Crippen molar-refractivity contribution in [3.63, 3.8) is 0 Å². The fourth-order valence-electron chi connectivity index (χ4n) is 1.40. The molecule has 0 amide bonds. The molecule has 1 aromatic rings. The number of hydrogen-bond donors (Lipinski definition) is 1. The van der Waals surface area contributed by atoms with E-state index in [9.17, 15) is 4.79 Å². The van der Waals surface area contributed by atoms with E-state index in [4.69, 9.17) is 9.84 Å². The number of carboxylic acid groups (broad SMARTS) is 1. The molecule has 1 saturated heterocycles. The monoisotopic (exact) mass is 198 g/mol. The van der Waals surface area contributed by atoms with Crippen molar-refractivity contribution >= 4 is 5.97 Å². The molecule has 0 aliphatic carbocycles. The molecule has 76 valence electrons. The SMILES string of the molecule is O=C(O)c1nc(C2CCCCO2)no1. The van der Waals surface area contributed by atoms with Gasteiger partial charge in [0.1, 0.15) is 6.10 Å². The molecule has 0 saturated carbocycles. The van der Waals surface area contributed by atoms with Crippen LogP contribution in [0.2, 0.25) is 0 Å². The van der Waals surface area contributed by atoms with Crippen LogP contribution in [0.4, 0.5) is 0 Å². The highest BCUT2D eigenvalue weighted by Gasteiger charge is 2.23. The van der Waals surface area contributed by atoms with E-state index in [0.29, 0.717) is 12.4 Å². The molecular weight excluding hydrogens is 188 g/mol. The van der Waals surface area contributed by atoms with Crippen molar-refractivity contribution in [3.8, 4) is 0 Å². The largest absolute Gasteiger partial charge is 0.474 e. The van der Waals surface area contributed by atoms with Gasteiger partial charge in [-0.25, -0.2) is 4.79 Å². The first-order chi connectivity index (χ1) is 6.77. The first-order valence-corrected chi connectivity index (χ1v) is 4.46. The zero-order valence-corrected chi connectivity index (χ0v) is 7.47. The van der Waals surface area contributed by atoms with E-state index >= 15 is 0 Å². The molecule has 1 atom stereocenters. The molecule has 0 bridgehead atoms. The van der Waals surface area contributed by atoms with Crippen LogP contribution >= 0.6 is 0 Å². The first-order valence-electron chi connectivity index (χ1n) is 4.46. The lowest BCUT2D eigenvalue weighted by Gasteiger charge is -2.18. The van der Waals surface area contributed by atoms with Gasteiger partial charge in [-0.05, 0) is 19.3 Å². The fraction of sp³-hybridized carbons (Fsp3) is 0.625. The van der Waals surface area contributed by atoms with Crippen molar-refractivity contribution < 1.29 is 19.2 Å². The summed E-state index contributed by atoms with van der Waals surface area (Å²) in [5, 5.41) is 12.1.